The van der Waals surface area contributed by atoms with E-state index in [1.54, 1.807) is 0 Å². The van der Waals surface area contributed by atoms with Crippen LogP contribution in [0.3, 0.4) is 0 Å². The third kappa shape index (κ3) is 2.20. The average Bonchev–Trinajstić information content (AvgIpc) is 3.17. The van der Waals surface area contributed by atoms with Crippen LogP contribution in [0.25, 0.3) is 0 Å². The molecule has 3 aliphatic heterocycles. The molecule has 0 aliphatic carbocycles. The fourth-order valence-electron chi connectivity index (χ4n) is 3.41. The highest BCUT2D eigenvalue weighted by Gasteiger charge is 2.28. The van der Waals surface area contributed by atoms with Crippen LogP contribution in [0.2, 0.25) is 0 Å². The Balaban J connectivity index is 1.77. The van der Waals surface area contributed by atoms with Crippen molar-refractivity contribution in [3.05, 3.63) is 12.1 Å². The van der Waals surface area contributed by atoms with Gasteiger partial charge in [0.25, 0.3) is 0 Å². The minimum absolute atomic E-state index is 0.223. The first-order valence-electron chi connectivity index (χ1n) is 7.82. The van der Waals surface area contributed by atoms with E-state index in [2.05, 4.69) is 4.90 Å². The molecular weight excluding hydrogens is 268 g/mol. The summed E-state index contributed by atoms with van der Waals surface area (Å²) in [7, 11) is 0. The molecule has 0 spiro atoms. The van der Waals surface area contributed by atoms with E-state index in [1.807, 2.05) is 17.0 Å². The number of anilines is 2. The lowest BCUT2D eigenvalue weighted by Gasteiger charge is -2.31. The number of carbonyl (C=O) groups is 1. The van der Waals surface area contributed by atoms with Gasteiger partial charge in [0.2, 0.25) is 12.7 Å². The van der Waals surface area contributed by atoms with Gasteiger partial charge in [-0.3, -0.25) is 4.79 Å². The van der Waals surface area contributed by atoms with Crippen molar-refractivity contribution >= 4 is 17.3 Å². The topological polar surface area (TPSA) is 42.0 Å². The monoisotopic (exact) mass is 288 g/mol. The molecule has 21 heavy (non-hydrogen) atoms. The van der Waals surface area contributed by atoms with Crippen LogP contribution >= 0.6 is 0 Å². The molecule has 4 rings (SSSR count). The number of benzene rings is 1. The molecule has 0 bridgehead atoms. The minimum atomic E-state index is 0.223. The van der Waals surface area contributed by atoms with Gasteiger partial charge in [0.15, 0.2) is 11.5 Å². The summed E-state index contributed by atoms with van der Waals surface area (Å²) in [5, 5.41) is 0. The van der Waals surface area contributed by atoms with Gasteiger partial charge in [0.1, 0.15) is 0 Å². The van der Waals surface area contributed by atoms with E-state index < -0.39 is 0 Å². The van der Waals surface area contributed by atoms with E-state index in [0.29, 0.717) is 6.42 Å². The molecule has 1 aromatic rings. The molecule has 0 radical (unpaired) electrons. The van der Waals surface area contributed by atoms with E-state index >= 15 is 0 Å². The Morgan fingerprint density at radius 3 is 2.24 bits per heavy atom. The summed E-state index contributed by atoms with van der Waals surface area (Å²) in [5.41, 5.74) is 2.11. The van der Waals surface area contributed by atoms with E-state index in [-0.39, 0.29) is 12.7 Å². The Morgan fingerprint density at radius 2 is 1.52 bits per heavy atom. The predicted octanol–water partition coefficient (Wildman–Crippen LogP) is 2.53. The first-order valence-corrected chi connectivity index (χ1v) is 7.82. The van der Waals surface area contributed by atoms with Crippen molar-refractivity contribution in [2.75, 3.05) is 36.2 Å². The number of hydrogen-bond acceptors (Lipinski definition) is 4. The molecule has 5 heteroatoms. The zero-order valence-corrected chi connectivity index (χ0v) is 12.1. The van der Waals surface area contributed by atoms with Crippen molar-refractivity contribution in [1.29, 1.82) is 0 Å². The lowest BCUT2D eigenvalue weighted by atomic mass is 10.1. The number of nitrogens with zero attached hydrogens (tertiary/aromatic N) is 2. The Labute approximate surface area is 124 Å². The molecule has 2 saturated heterocycles. The molecule has 0 unspecified atom stereocenters. The summed E-state index contributed by atoms with van der Waals surface area (Å²) in [6.07, 6.45) is 5.14. The summed E-state index contributed by atoms with van der Waals surface area (Å²) in [6, 6.07) is 4.03. The molecule has 0 saturated carbocycles. The predicted molar refractivity (Wildman–Crippen MR) is 80.2 cm³/mol. The molecule has 112 valence electrons. The Hall–Kier alpha value is -1.91. The number of amides is 1. The van der Waals surface area contributed by atoms with Crippen LogP contribution in [0, 0.1) is 0 Å². The number of ether oxygens (including phenoxy) is 2. The molecule has 2 fully saturated rings. The maximum absolute atomic E-state index is 12.3. The molecular formula is C16H20N2O3. The van der Waals surface area contributed by atoms with E-state index in [0.717, 1.165) is 55.3 Å². The fourth-order valence-corrected chi connectivity index (χ4v) is 3.41. The van der Waals surface area contributed by atoms with Crippen molar-refractivity contribution in [1.82, 2.24) is 0 Å². The first-order chi connectivity index (χ1) is 10.3. The maximum atomic E-state index is 12.3. The van der Waals surface area contributed by atoms with Gasteiger partial charge in [-0.15, -0.1) is 0 Å². The molecule has 0 aromatic heterocycles. The number of fused-ring (bicyclic) bond motifs is 1. The van der Waals surface area contributed by atoms with E-state index in [4.69, 9.17) is 9.47 Å². The van der Waals surface area contributed by atoms with Crippen molar-refractivity contribution < 1.29 is 14.3 Å². The van der Waals surface area contributed by atoms with Crippen LogP contribution in [0.5, 0.6) is 11.5 Å². The highest BCUT2D eigenvalue weighted by Crippen LogP contribution is 2.44. The molecule has 0 atom stereocenters. The molecule has 1 aromatic carbocycles. The standard InChI is InChI=1S/C16H20N2O3/c19-16-5-1-2-8-18(16)13-10-15-14(20-11-21-15)9-12(13)17-6-3-4-7-17/h9-10H,1-8,11H2. The highest BCUT2D eigenvalue weighted by molar-refractivity contribution is 5.98. The number of hydrogen-bond donors (Lipinski definition) is 0. The maximum Gasteiger partial charge on any atom is 0.231 e. The summed E-state index contributed by atoms with van der Waals surface area (Å²) in [6.45, 7) is 3.18. The Kier molecular flexibility index (Phi) is 3.13. The van der Waals surface area contributed by atoms with E-state index in [9.17, 15) is 4.79 Å². The largest absolute Gasteiger partial charge is 0.454 e. The van der Waals surface area contributed by atoms with Gasteiger partial charge in [-0.25, -0.2) is 0 Å². The molecule has 5 nitrogen and oxygen atoms in total. The molecule has 0 N–H and O–H groups in total. The van der Waals surface area contributed by atoms with Crippen LogP contribution in [0.15, 0.2) is 12.1 Å². The second-order valence-electron chi connectivity index (χ2n) is 5.89. The number of piperidine rings is 1. The third-order valence-electron chi connectivity index (χ3n) is 4.53. The number of rotatable bonds is 2. The lowest BCUT2D eigenvalue weighted by molar-refractivity contribution is -0.119. The summed E-state index contributed by atoms with van der Waals surface area (Å²) in [5.74, 6) is 1.77. The van der Waals surface area contributed by atoms with Gasteiger partial charge in [-0.05, 0) is 25.7 Å². The zero-order chi connectivity index (χ0) is 14.2. The fraction of sp³-hybridized carbons (Fsp3) is 0.562. The SMILES string of the molecule is O=C1CCCCN1c1cc2c(cc1N1CCCC1)OCO2. The van der Waals surface area contributed by atoms with Crippen LogP contribution in [-0.2, 0) is 4.79 Å². The lowest BCUT2D eigenvalue weighted by Crippen LogP contribution is -2.36. The van der Waals surface area contributed by atoms with Crippen LogP contribution in [0.1, 0.15) is 32.1 Å². The van der Waals surface area contributed by atoms with Gasteiger partial charge in [0.05, 0.1) is 11.4 Å². The quantitative estimate of drug-likeness (QED) is 0.838. The van der Waals surface area contributed by atoms with Gasteiger partial charge < -0.3 is 19.3 Å². The second-order valence-corrected chi connectivity index (χ2v) is 5.89. The van der Waals surface area contributed by atoms with E-state index in [1.165, 1.54) is 12.8 Å². The third-order valence-corrected chi connectivity index (χ3v) is 4.53. The van der Waals surface area contributed by atoms with Gasteiger partial charge >= 0.3 is 0 Å². The van der Waals surface area contributed by atoms with Crippen molar-refractivity contribution in [2.45, 2.75) is 32.1 Å². The second kappa shape index (κ2) is 5.13. The zero-order valence-electron chi connectivity index (χ0n) is 12.1. The van der Waals surface area contributed by atoms with Gasteiger partial charge in [0, 0.05) is 38.2 Å². The Bertz CT molecular complexity index is 567. The molecule has 3 aliphatic rings. The van der Waals surface area contributed by atoms with Crippen LogP contribution in [-0.4, -0.2) is 32.3 Å². The number of carbonyl (C=O) groups excluding carboxylic acids is 1. The van der Waals surface area contributed by atoms with Gasteiger partial charge in [-0.1, -0.05) is 0 Å². The average molecular weight is 288 g/mol. The van der Waals surface area contributed by atoms with Crippen LogP contribution in [0.4, 0.5) is 11.4 Å². The Morgan fingerprint density at radius 1 is 0.857 bits per heavy atom. The van der Waals surface area contributed by atoms with Crippen molar-refractivity contribution in [3.8, 4) is 11.5 Å². The van der Waals surface area contributed by atoms with Crippen molar-refractivity contribution in [3.63, 3.8) is 0 Å². The minimum Gasteiger partial charge on any atom is -0.454 e. The summed E-state index contributed by atoms with van der Waals surface area (Å²) < 4.78 is 11.0. The molecule has 1 amide bonds. The smallest absolute Gasteiger partial charge is 0.231 e. The van der Waals surface area contributed by atoms with Gasteiger partial charge in [-0.2, -0.15) is 0 Å². The van der Waals surface area contributed by atoms with Crippen LogP contribution < -0.4 is 19.3 Å². The molecule has 3 heterocycles. The summed E-state index contributed by atoms with van der Waals surface area (Å²) in [4.78, 5) is 16.6. The summed E-state index contributed by atoms with van der Waals surface area (Å²) >= 11 is 0. The van der Waals surface area contributed by atoms with Crippen molar-refractivity contribution in [2.24, 2.45) is 0 Å². The highest BCUT2D eigenvalue weighted by atomic mass is 16.7. The normalized spacial score (nSPS) is 21.2. The first kappa shape index (κ1) is 12.8.